The van der Waals surface area contributed by atoms with Crippen molar-refractivity contribution in [3.05, 3.63) is 33.8 Å². The third kappa shape index (κ3) is 2.59. The number of aryl methyl sites for hydroxylation is 1. The van der Waals surface area contributed by atoms with Crippen LogP contribution in [0.2, 0.25) is 0 Å². The Morgan fingerprint density at radius 3 is 2.47 bits per heavy atom. The van der Waals surface area contributed by atoms with Crippen molar-refractivity contribution in [3.8, 4) is 0 Å². The van der Waals surface area contributed by atoms with E-state index in [-0.39, 0.29) is 5.78 Å². The SMILES string of the molecule is CCc1ccc(C2(C(=O)O)CCC(=O)CC2)c(Br)c1. The van der Waals surface area contributed by atoms with Gasteiger partial charge in [0.05, 0.1) is 5.41 Å². The van der Waals surface area contributed by atoms with Crippen LogP contribution in [-0.4, -0.2) is 16.9 Å². The molecule has 4 heteroatoms. The van der Waals surface area contributed by atoms with E-state index in [1.807, 2.05) is 18.2 Å². The van der Waals surface area contributed by atoms with Gasteiger partial charge in [0, 0.05) is 17.3 Å². The fourth-order valence-electron chi connectivity index (χ4n) is 2.72. The molecule has 102 valence electrons. The largest absolute Gasteiger partial charge is 0.481 e. The molecule has 0 radical (unpaired) electrons. The lowest BCUT2D eigenvalue weighted by atomic mass is 9.69. The lowest BCUT2D eigenvalue weighted by Crippen LogP contribution is -2.40. The second-order valence-corrected chi connectivity index (χ2v) is 5.95. The topological polar surface area (TPSA) is 54.4 Å². The van der Waals surface area contributed by atoms with Crippen molar-refractivity contribution in [2.45, 2.75) is 44.4 Å². The molecule has 1 aromatic carbocycles. The fourth-order valence-corrected chi connectivity index (χ4v) is 3.53. The molecule has 0 bridgehead atoms. The minimum absolute atomic E-state index is 0.165. The minimum Gasteiger partial charge on any atom is -0.481 e. The maximum atomic E-state index is 11.8. The zero-order chi connectivity index (χ0) is 14.0. The highest BCUT2D eigenvalue weighted by Gasteiger charge is 2.44. The summed E-state index contributed by atoms with van der Waals surface area (Å²) in [4.78, 5) is 23.1. The molecule has 1 fully saturated rings. The summed E-state index contributed by atoms with van der Waals surface area (Å²) in [5.41, 5.74) is 1.05. The number of Topliss-reactive ketones (excluding diaryl/α,β-unsaturated/α-hetero) is 1. The Labute approximate surface area is 121 Å². The quantitative estimate of drug-likeness (QED) is 0.926. The van der Waals surface area contributed by atoms with Gasteiger partial charge in [0.1, 0.15) is 5.78 Å². The Kier molecular flexibility index (Phi) is 4.09. The molecule has 0 unspecified atom stereocenters. The summed E-state index contributed by atoms with van der Waals surface area (Å²) in [6.07, 6.45) is 2.41. The molecule has 3 nitrogen and oxygen atoms in total. The number of benzene rings is 1. The number of rotatable bonds is 3. The van der Waals surface area contributed by atoms with Crippen molar-refractivity contribution >= 4 is 27.7 Å². The van der Waals surface area contributed by atoms with Crippen LogP contribution in [0, 0.1) is 0 Å². The molecular formula is C15H17BrO3. The number of carboxylic acid groups (broad SMARTS) is 1. The molecule has 1 aliphatic rings. The van der Waals surface area contributed by atoms with Crippen LogP contribution < -0.4 is 0 Å². The molecular weight excluding hydrogens is 308 g/mol. The number of halogens is 1. The van der Waals surface area contributed by atoms with Gasteiger partial charge in [-0.2, -0.15) is 0 Å². The first-order chi connectivity index (χ1) is 8.99. The molecule has 2 rings (SSSR count). The van der Waals surface area contributed by atoms with Gasteiger partial charge in [-0.05, 0) is 36.5 Å². The van der Waals surface area contributed by atoms with Crippen molar-refractivity contribution in [1.82, 2.24) is 0 Å². The molecule has 0 saturated heterocycles. The number of carboxylic acids is 1. The van der Waals surface area contributed by atoms with Gasteiger partial charge in [-0.1, -0.05) is 35.0 Å². The average molecular weight is 325 g/mol. The highest BCUT2D eigenvalue weighted by Crippen LogP contribution is 2.42. The van der Waals surface area contributed by atoms with Gasteiger partial charge in [0.25, 0.3) is 0 Å². The van der Waals surface area contributed by atoms with E-state index in [4.69, 9.17) is 0 Å². The van der Waals surface area contributed by atoms with E-state index in [9.17, 15) is 14.7 Å². The second-order valence-electron chi connectivity index (χ2n) is 5.09. The molecule has 1 N–H and O–H groups in total. The predicted octanol–water partition coefficient (Wildman–Crippen LogP) is 3.48. The van der Waals surface area contributed by atoms with Gasteiger partial charge in [-0.15, -0.1) is 0 Å². The van der Waals surface area contributed by atoms with Crippen LogP contribution in [-0.2, 0) is 21.4 Å². The first-order valence-corrected chi connectivity index (χ1v) is 7.33. The number of aliphatic carboxylic acids is 1. The third-order valence-electron chi connectivity index (χ3n) is 4.03. The van der Waals surface area contributed by atoms with E-state index in [1.54, 1.807) is 0 Å². The van der Waals surface area contributed by atoms with Crippen LogP contribution in [0.25, 0.3) is 0 Å². The Bertz CT molecular complexity index is 512. The van der Waals surface area contributed by atoms with Crippen molar-refractivity contribution < 1.29 is 14.7 Å². The van der Waals surface area contributed by atoms with Crippen molar-refractivity contribution in [1.29, 1.82) is 0 Å². The summed E-state index contributed by atoms with van der Waals surface area (Å²) in [6.45, 7) is 2.06. The normalized spacial score (nSPS) is 18.3. The molecule has 0 aromatic heterocycles. The predicted molar refractivity (Wildman–Crippen MR) is 76.3 cm³/mol. The van der Waals surface area contributed by atoms with E-state index in [2.05, 4.69) is 22.9 Å². The molecule has 0 heterocycles. The number of carbonyl (C=O) groups is 2. The van der Waals surface area contributed by atoms with E-state index in [1.165, 1.54) is 5.56 Å². The first kappa shape index (κ1) is 14.3. The summed E-state index contributed by atoms with van der Waals surface area (Å²) in [5.74, 6) is -0.664. The molecule has 0 aliphatic heterocycles. The Morgan fingerprint density at radius 1 is 1.37 bits per heavy atom. The third-order valence-corrected chi connectivity index (χ3v) is 4.68. The highest BCUT2D eigenvalue weighted by molar-refractivity contribution is 9.10. The Morgan fingerprint density at radius 2 is 2.00 bits per heavy atom. The van der Waals surface area contributed by atoms with Crippen molar-refractivity contribution in [2.24, 2.45) is 0 Å². The van der Waals surface area contributed by atoms with Gasteiger partial charge in [0.2, 0.25) is 0 Å². The lowest BCUT2D eigenvalue weighted by molar-refractivity contribution is -0.146. The van der Waals surface area contributed by atoms with Gasteiger partial charge in [0.15, 0.2) is 0 Å². The minimum atomic E-state index is -0.918. The van der Waals surface area contributed by atoms with E-state index >= 15 is 0 Å². The maximum Gasteiger partial charge on any atom is 0.314 e. The molecule has 1 aliphatic carbocycles. The number of ketones is 1. The first-order valence-electron chi connectivity index (χ1n) is 6.53. The van der Waals surface area contributed by atoms with Gasteiger partial charge < -0.3 is 5.11 Å². The molecule has 1 aromatic rings. The van der Waals surface area contributed by atoms with Crippen molar-refractivity contribution in [3.63, 3.8) is 0 Å². The van der Waals surface area contributed by atoms with Crippen LogP contribution in [0.1, 0.15) is 43.7 Å². The fraction of sp³-hybridized carbons (Fsp3) is 0.467. The molecule has 1 saturated carbocycles. The number of hydrogen-bond acceptors (Lipinski definition) is 2. The summed E-state index contributed by atoms with van der Waals surface area (Å²) in [6, 6.07) is 5.85. The highest BCUT2D eigenvalue weighted by atomic mass is 79.9. The Hall–Kier alpha value is -1.16. The zero-order valence-corrected chi connectivity index (χ0v) is 12.5. The molecule has 19 heavy (non-hydrogen) atoms. The van der Waals surface area contributed by atoms with Gasteiger partial charge in [-0.3, -0.25) is 9.59 Å². The number of hydrogen-bond donors (Lipinski definition) is 1. The number of carbonyl (C=O) groups excluding carboxylic acids is 1. The summed E-state index contributed by atoms with van der Waals surface area (Å²) in [7, 11) is 0. The standard InChI is InChI=1S/C15H17BrO3/c1-2-10-3-4-12(13(16)9-10)15(14(18)19)7-5-11(17)6-8-15/h3-4,9H,2,5-8H2,1H3,(H,18,19). The maximum absolute atomic E-state index is 11.8. The van der Waals surface area contributed by atoms with Gasteiger partial charge >= 0.3 is 5.97 Å². The van der Waals surface area contributed by atoms with Crippen LogP contribution in [0.15, 0.2) is 22.7 Å². The van der Waals surface area contributed by atoms with Crippen LogP contribution >= 0.6 is 15.9 Å². The average Bonchev–Trinajstić information content (AvgIpc) is 2.40. The lowest BCUT2D eigenvalue weighted by Gasteiger charge is -2.34. The second kappa shape index (κ2) is 5.45. The van der Waals surface area contributed by atoms with Crippen LogP contribution in [0.4, 0.5) is 0 Å². The van der Waals surface area contributed by atoms with Crippen molar-refractivity contribution in [2.75, 3.05) is 0 Å². The molecule has 0 atom stereocenters. The summed E-state index contributed by atoms with van der Waals surface area (Å²) >= 11 is 3.49. The van der Waals surface area contributed by atoms with E-state index in [0.717, 1.165) is 16.5 Å². The molecule has 0 amide bonds. The monoisotopic (exact) mass is 324 g/mol. The summed E-state index contributed by atoms with van der Waals surface area (Å²) < 4.78 is 0.837. The smallest absolute Gasteiger partial charge is 0.314 e. The summed E-state index contributed by atoms with van der Waals surface area (Å²) in [5, 5.41) is 9.65. The van der Waals surface area contributed by atoms with Crippen LogP contribution in [0.3, 0.4) is 0 Å². The zero-order valence-electron chi connectivity index (χ0n) is 10.9. The Balaban J connectivity index is 2.45. The van der Waals surface area contributed by atoms with E-state index < -0.39 is 11.4 Å². The molecule has 0 spiro atoms. The van der Waals surface area contributed by atoms with Crippen LogP contribution in [0.5, 0.6) is 0 Å². The van der Waals surface area contributed by atoms with Gasteiger partial charge in [-0.25, -0.2) is 0 Å². The van der Waals surface area contributed by atoms with E-state index in [0.29, 0.717) is 25.7 Å².